The number of hydrogen-bond donors (Lipinski definition) is 1. The van der Waals surface area contributed by atoms with Crippen molar-refractivity contribution in [2.45, 2.75) is 46.2 Å². The van der Waals surface area contributed by atoms with Crippen LogP contribution in [0, 0.1) is 12.8 Å². The largest absolute Gasteiger partial charge is 0.504 e. The number of nitrogens with zero attached hydrogens (tertiary/aromatic N) is 2. The van der Waals surface area contributed by atoms with Gasteiger partial charge in [0.25, 0.3) is 0 Å². The van der Waals surface area contributed by atoms with Crippen LogP contribution in [0.1, 0.15) is 37.8 Å². The number of benzene rings is 2. The van der Waals surface area contributed by atoms with Gasteiger partial charge in [-0.3, -0.25) is 9.69 Å². The number of carbonyl (C=O) groups is 1. The number of aromatic hydroxyl groups is 1. The molecule has 1 fully saturated rings. The van der Waals surface area contributed by atoms with Gasteiger partial charge >= 0.3 is 0 Å². The van der Waals surface area contributed by atoms with Crippen LogP contribution in [0.4, 0.5) is 5.69 Å². The summed E-state index contributed by atoms with van der Waals surface area (Å²) in [5, 5.41) is 10.4. The molecule has 3 rings (SSSR count). The Morgan fingerprint density at radius 1 is 1.17 bits per heavy atom. The molecule has 5 heteroatoms. The number of carbonyl (C=O) groups excluding carboxylic acids is 1. The third-order valence-corrected chi connectivity index (χ3v) is 5.66. The van der Waals surface area contributed by atoms with E-state index in [2.05, 4.69) is 36.1 Å². The molecule has 1 aliphatic rings. The molecule has 1 aliphatic heterocycles. The standard InChI is InChI=1S/C24H32N2O3/c1-17(2)24(28)26(20-10-8-18(3)9-11-20)21-12-14-25(15-13-21)16-19-6-5-7-22(29-4)23(19)27/h5-11,17,21,27H,12-16H2,1-4H3. The van der Waals surface area contributed by atoms with Gasteiger partial charge in [0.15, 0.2) is 11.5 Å². The van der Waals surface area contributed by atoms with Crippen LogP contribution in [0.3, 0.4) is 0 Å². The summed E-state index contributed by atoms with van der Waals surface area (Å²) in [7, 11) is 1.57. The van der Waals surface area contributed by atoms with Crippen LogP contribution in [0.2, 0.25) is 0 Å². The van der Waals surface area contributed by atoms with Crippen molar-refractivity contribution in [2.24, 2.45) is 5.92 Å². The molecule has 0 radical (unpaired) electrons. The Morgan fingerprint density at radius 3 is 2.41 bits per heavy atom. The third-order valence-electron chi connectivity index (χ3n) is 5.66. The highest BCUT2D eigenvalue weighted by atomic mass is 16.5. The Hall–Kier alpha value is -2.53. The van der Waals surface area contributed by atoms with E-state index in [1.54, 1.807) is 13.2 Å². The van der Waals surface area contributed by atoms with E-state index in [1.165, 1.54) is 5.56 Å². The Bertz CT molecular complexity index is 825. The van der Waals surface area contributed by atoms with Crippen LogP contribution in [0.25, 0.3) is 0 Å². The highest BCUT2D eigenvalue weighted by Gasteiger charge is 2.30. The molecule has 0 unspecified atom stereocenters. The topological polar surface area (TPSA) is 53.0 Å². The summed E-state index contributed by atoms with van der Waals surface area (Å²) in [4.78, 5) is 17.3. The zero-order chi connectivity index (χ0) is 21.0. The molecule has 156 valence electrons. The van der Waals surface area contributed by atoms with E-state index < -0.39 is 0 Å². The monoisotopic (exact) mass is 396 g/mol. The average molecular weight is 397 g/mol. The number of amides is 1. The van der Waals surface area contributed by atoms with Gasteiger partial charge in [-0.15, -0.1) is 0 Å². The Morgan fingerprint density at radius 2 is 1.83 bits per heavy atom. The molecule has 5 nitrogen and oxygen atoms in total. The van der Waals surface area contributed by atoms with Gasteiger partial charge in [0.05, 0.1) is 7.11 Å². The van der Waals surface area contributed by atoms with E-state index >= 15 is 0 Å². The predicted octanol–water partition coefficient (Wildman–Crippen LogP) is 4.36. The van der Waals surface area contributed by atoms with E-state index in [0.717, 1.165) is 37.2 Å². The maximum atomic E-state index is 13.0. The number of hydrogen-bond acceptors (Lipinski definition) is 4. The summed E-state index contributed by atoms with van der Waals surface area (Å²) in [6.07, 6.45) is 1.83. The Kier molecular flexibility index (Phi) is 6.80. The number of aryl methyl sites for hydroxylation is 1. The molecule has 29 heavy (non-hydrogen) atoms. The smallest absolute Gasteiger partial charge is 0.229 e. The minimum absolute atomic E-state index is 0.0388. The Balaban J connectivity index is 1.70. The molecule has 0 saturated carbocycles. The zero-order valence-electron chi connectivity index (χ0n) is 17.9. The fourth-order valence-electron chi connectivity index (χ4n) is 3.94. The molecule has 2 aromatic carbocycles. The molecule has 0 atom stereocenters. The van der Waals surface area contributed by atoms with Crippen molar-refractivity contribution in [1.82, 2.24) is 4.90 Å². The maximum absolute atomic E-state index is 13.0. The molecular formula is C24H32N2O3. The Labute approximate surface area is 173 Å². The van der Waals surface area contributed by atoms with Crippen molar-refractivity contribution in [3.05, 3.63) is 53.6 Å². The quantitative estimate of drug-likeness (QED) is 0.788. The van der Waals surface area contributed by atoms with Gasteiger partial charge in [-0.2, -0.15) is 0 Å². The molecular weight excluding hydrogens is 364 g/mol. The molecule has 0 aromatic heterocycles. The van der Waals surface area contributed by atoms with E-state index in [1.807, 2.05) is 30.9 Å². The lowest BCUT2D eigenvalue weighted by molar-refractivity contribution is -0.122. The summed E-state index contributed by atoms with van der Waals surface area (Å²) in [5.41, 5.74) is 3.05. The molecule has 0 bridgehead atoms. The minimum Gasteiger partial charge on any atom is -0.504 e. The predicted molar refractivity (Wildman–Crippen MR) is 116 cm³/mol. The summed E-state index contributed by atoms with van der Waals surface area (Å²) in [6, 6.07) is 14.0. The van der Waals surface area contributed by atoms with Crippen LogP contribution in [0.5, 0.6) is 11.5 Å². The van der Waals surface area contributed by atoms with Crippen LogP contribution < -0.4 is 9.64 Å². The van der Waals surface area contributed by atoms with Gasteiger partial charge in [0, 0.05) is 42.8 Å². The van der Waals surface area contributed by atoms with Gasteiger partial charge in [-0.25, -0.2) is 0 Å². The molecule has 1 N–H and O–H groups in total. The SMILES string of the molecule is COc1cccc(CN2CCC(N(C(=O)C(C)C)c3ccc(C)cc3)CC2)c1O. The van der Waals surface area contributed by atoms with E-state index in [4.69, 9.17) is 4.74 Å². The number of para-hydroxylation sites is 1. The van der Waals surface area contributed by atoms with Crippen LogP contribution in [0.15, 0.2) is 42.5 Å². The lowest BCUT2D eigenvalue weighted by Crippen LogP contribution is -2.48. The highest BCUT2D eigenvalue weighted by Crippen LogP contribution is 2.32. The first kappa shape index (κ1) is 21.2. The van der Waals surface area contributed by atoms with Crippen molar-refractivity contribution >= 4 is 11.6 Å². The number of phenols is 1. The number of anilines is 1. The van der Waals surface area contributed by atoms with Gasteiger partial charge in [-0.05, 0) is 38.0 Å². The van der Waals surface area contributed by atoms with Crippen LogP contribution in [-0.2, 0) is 11.3 Å². The second kappa shape index (κ2) is 9.31. The van der Waals surface area contributed by atoms with Gasteiger partial charge < -0.3 is 14.7 Å². The van der Waals surface area contributed by atoms with Gasteiger partial charge in [0.1, 0.15) is 0 Å². The lowest BCUT2D eigenvalue weighted by atomic mass is 9.99. The van der Waals surface area contributed by atoms with Crippen molar-refractivity contribution in [2.75, 3.05) is 25.1 Å². The van der Waals surface area contributed by atoms with Crippen molar-refractivity contribution in [3.8, 4) is 11.5 Å². The second-order valence-corrected chi connectivity index (χ2v) is 8.17. The van der Waals surface area contributed by atoms with E-state index in [0.29, 0.717) is 12.3 Å². The zero-order valence-corrected chi connectivity index (χ0v) is 17.9. The first-order valence-corrected chi connectivity index (χ1v) is 10.4. The summed E-state index contributed by atoms with van der Waals surface area (Å²) >= 11 is 0. The first-order valence-electron chi connectivity index (χ1n) is 10.4. The highest BCUT2D eigenvalue weighted by molar-refractivity contribution is 5.95. The number of rotatable bonds is 6. The van der Waals surface area contributed by atoms with Crippen LogP contribution in [-0.4, -0.2) is 42.2 Å². The average Bonchev–Trinajstić information content (AvgIpc) is 2.72. The second-order valence-electron chi connectivity index (χ2n) is 8.17. The molecule has 1 amide bonds. The fraction of sp³-hybridized carbons (Fsp3) is 0.458. The number of phenolic OH excluding ortho intramolecular Hbond substituents is 1. The normalized spacial score (nSPS) is 15.5. The molecule has 0 spiro atoms. The van der Waals surface area contributed by atoms with Crippen molar-refractivity contribution in [3.63, 3.8) is 0 Å². The molecule has 0 aliphatic carbocycles. The minimum atomic E-state index is -0.0388. The van der Waals surface area contributed by atoms with Gasteiger partial charge in [-0.1, -0.05) is 43.7 Å². The molecule has 2 aromatic rings. The first-order chi connectivity index (χ1) is 13.9. The molecule has 1 heterocycles. The number of methoxy groups -OCH3 is 1. The third kappa shape index (κ3) is 4.91. The van der Waals surface area contributed by atoms with Crippen molar-refractivity contribution < 1.29 is 14.6 Å². The number of piperidine rings is 1. The maximum Gasteiger partial charge on any atom is 0.229 e. The summed E-state index contributed by atoms with van der Waals surface area (Å²) < 4.78 is 5.22. The summed E-state index contributed by atoms with van der Waals surface area (Å²) in [6.45, 7) is 8.43. The summed E-state index contributed by atoms with van der Waals surface area (Å²) in [5.74, 6) is 0.861. The van der Waals surface area contributed by atoms with E-state index in [-0.39, 0.29) is 23.6 Å². The fourth-order valence-corrected chi connectivity index (χ4v) is 3.94. The van der Waals surface area contributed by atoms with Crippen molar-refractivity contribution in [1.29, 1.82) is 0 Å². The van der Waals surface area contributed by atoms with E-state index in [9.17, 15) is 9.90 Å². The van der Waals surface area contributed by atoms with Gasteiger partial charge in [0.2, 0.25) is 5.91 Å². The molecule has 1 saturated heterocycles. The number of likely N-dealkylation sites (tertiary alicyclic amines) is 1. The number of ether oxygens (including phenoxy) is 1. The van der Waals surface area contributed by atoms with Crippen LogP contribution >= 0.6 is 0 Å². The lowest BCUT2D eigenvalue weighted by Gasteiger charge is -2.39.